The SMILES string of the molecule is C=C(C)C(NN)c1ccc(Cl)s1. The Morgan fingerprint density at radius 3 is 2.75 bits per heavy atom. The highest BCUT2D eigenvalue weighted by Gasteiger charge is 2.11. The van der Waals surface area contributed by atoms with Crippen LogP contribution in [0.25, 0.3) is 0 Å². The molecule has 0 aliphatic heterocycles. The summed E-state index contributed by atoms with van der Waals surface area (Å²) in [5.41, 5.74) is 3.67. The van der Waals surface area contributed by atoms with Crippen LogP contribution >= 0.6 is 22.9 Å². The molecule has 0 aliphatic carbocycles. The van der Waals surface area contributed by atoms with Crippen molar-refractivity contribution in [1.29, 1.82) is 0 Å². The average molecular weight is 203 g/mol. The number of rotatable bonds is 3. The van der Waals surface area contributed by atoms with E-state index in [0.717, 1.165) is 14.8 Å². The van der Waals surface area contributed by atoms with E-state index < -0.39 is 0 Å². The fraction of sp³-hybridized carbons (Fsp3) is 0.250. The molecule has 0 saturated carbocycles. The second kappa shape index (κ2) is 4.05. The Hall–Kier alpha value is -0.350. The van der Waals surface area contributed by atoms with Crippen molar-refractivity contribution in [3.8, 4) is 0 Å². The number of thiophene rings is 1. The Balaban J connectivity index is 2.87. The predicted octanol–water partition coefficient (Wildman–Crippen LogP) is 2.48. The van der Waals surface area contributed by atoms with Gasteiger partial charge < -0.3 is 0 Å². The molecular formula is C8H11ClN2S. The third-order valence-corrected chi connectivity index (χ3v) is 2.83. The second-order valence-corrected chi connectivity index (χ2v) is 4.33. The second-order valence-electron chi connectivity index (χ2n) is 2.59. The molecule has 1 atom stereocenters. The Bertz CT molecular complexity index is 282. The lowest BCUT2D eigenvalue weighted by Crippen LogP contribution is -2.27. The van der Waals surface area contributed by atoms with Crippen LogP contribution in [-0.4, -0.2) is 0 Å². The fourth-order valence-corrected chi connectivity index (χ4v) is 2.17. The number of hydrazine groups is 1. The Morgan fingerprint density at radius 1 is 1.75 bits per heavy atom. The topological polar surface area (TPSA) is 38.0 Å². The summed E-state index contributed by atoms with van der Waals surface area (Å²) in [6, 6.07) is 3.82. The lowest BCUT2D eigenvalue weighted by Gasteiger charge is -2.12. The van der Waals surface area contributed by atoms with Crippen LogP contribution in [0.4, 0.5) is 0 Å². The van der Waals surface area contributed by atoms with Gasteiger partial charge in [-0.25, -0.2) is 5.43 Å². The molecule has 2 nitrogen and oxygen atoms in total. The monoisotopic (exact) mass is 202 g/mol. The van der Waals surface area contributed by atoms with Crippen molar-refractivity contribution < 1.29 is 0 Å². The van der Waals surface area contributed by atoms with E-state index in [1.54, 1.807) is 0 Å². The maximum absolute atomic E-state index is 5.79. The molecule has 3 N–H and O–H groups in total. The highest BCUT2D eigenvalue weighted by atomic mass is 35.5. The van der Waals surface area contributed by atoms with Gasteiger partial charge in [0.2, 0.25) is 0 Å². The quantitative estimate of drug-likeness (QED) is 0.449. The van der Waals surface area contributed by atoms with Gasteiger partial charge in [-0.3, -0.25) is 5.84 Å². The zero-order chi connectivity index (χ0) is 9.14. The third kappa shape index (κ3) is 2.08. The van der Waals surface area contributed by atoms with Gasteiger partial charge in [0.1, 0.15) is 0 Å². The van der Waals surface area contributed by atoms with Gasteiger partial charge in [0, 0.05) is 4.88 Å². The molecular weight excluding hydrogens is 192 g/mol. The van der Waals surface area contributed by atoms with Gasteiger partial charge in [0.25, 0.3) is 0 Å². The Morgan fingerprint density at radius 2 is 2.42 bits per heavy atom. The van der Waals surface area contributed by atoms with E-state index in [9.17, 15) is 0 Å². The molecule has 12 heavy (non-hydrogen) atoms. The van der Waals surface area contributed by atoms with E-state index in [1.807, 2.05) is 19.1 Å². The first kappa shape index (κ1) is 9.74. The Kier molecular flexibility index (Phi) is 3.29. The molecule has 0 amide bonds. The van der Waals surface area contributed by atoms with Crippen LogP contribution in [0.3, 0.4) is 0 Å². The van der Waals surface area contributed by atoms with Gasteiger partial charge in [-0.05, 0) is 19.1 Å². The van der Waals surface area contributed by atoms with Crippen LogP contribution in [0.15, 0.2) is 24.3 Å². The van der Waals surface area contributed by atoms with Crippen LogP contribution in [0, 0.1) is 0 Å². The lowest BCUT2D eigenvalue weighted by atomic mass is 10.1. The number of hydrogen-bond acceptors (Lipinski definition) is 3. The molecule has 66 valence electrons. The van der Waals surface area contributed by atoms with Crippen molar-refractivity contribution in [3.05, 3.63) is 33.5 Å². The van der Waals surface area contributed by atoms with E-state index in [2.05, 4.69) is 12.0 Å². The molecule has 0 bridgehead atoms. The predicted molar refractivity (Wildman–Crippen MR) is 54.2 cm³/mol. The first-order chi connectivity index (χ1) is 5.65. The minimum absolute atomic E-state index is 0.0162. The molecule has 0 aromatic carbocycles. The van der Waals surface area contributed by atoms with Gasteiger partial charge in [-0.15, -0.1) is 11.3 Å². The number of halogens is 1. The largest absolute Gasteiger partial charge is 0.271 e. The lowest BCUT2D eigenvalue weighted by molar-refractivity contribution is 0.637. The van der Waals surface area contributed by atoms with Crippen LogP contribution in [0.1, 0.15) is 17.8 Å². The van der Waals surface area contributed by atoms with E-state index in [4.69, 9.17) is 17.4 Å². The fourth-order valence-electron chi connectivity index (χ4n) is 0.951. The molecule has 1 rings (SSSR count). The third-order valence-electron chi connectivity index (χ3n) is 1.54. The normalized spacial score (nSPS) is 12.9. The smallest absolute Gasteiger partial charge is 0.0931 e. The zero-order valence-electron chi connectivity index (χ0n) is 6.80. The average Bonchev–Trinajstić information content (AvgIpc) is 2.37. The summed E-state index contributed by atoms with van der Waals surface area (Å²) >= 11 is 7.30. The maximum Gasteiger partial charge on any atom is 0.0931 e. The van der Waals surface area contributed by atoms with E-state index in [-0.39, 0.29) is 6.04 Å². The molecule has 1 heterocycles. The molecule has 0 spiro atoms. The minimum Gasteiger partial charge on any atom is -0.271 e. The molecule has 1 aromatic rings. The van der Waals surface area contributed by atoms with Crippen molar-refractivity contribution in [2.45, 2.75) is 13.0 Å². The van der Waals surface area contributed by atoms with Crippen molar-refractivity contribution in [2.24, 2.45) is 5.84 Å². The highest BCUT2D eigenvalue weighted by Crippen LogP contribution is 2.29. The van der Waals surface area contributed by atoms with Crippen LogP contribution in [-0.2, 0) is 0 Å². The minimum atomic E-state index is 0.0162. The summed E-state index contributed by atoms with van der Waals surface area (Å²) in [4.78, 5) is 1.09. The first-order valence-electron chi connectivity index (χ1n) is 3.52. The van der Waals surface area contributed by atoms with Gasteiger partial charge in [0.15, 0.2) is 0 Å². The Labute approximate surface area is 81.0 Å². The van der Waals surface area contributed by atoms with Crippen LogP contribution < -0.4 is 11.3 Å². The van der Waals surface area contributed by atoms with Crippen molar-refractivity contribution in [3.63, 3.8) is 0 Å². The van der Waals surface area contributed by atoms with Gasteiger partial charge in [0.05, 0.1) is 10.4 Å². The van der Waals surface area contributed by atoms with Crippen LogP contribution in [0.5, 0.6) is 0 Å². The molecule has 0 aliphatic rings. The maximum atomic E-state index is 5.79. The molecule has 4 heteroatoms. The summed E-state index contributed by atoms with van der Waals surface area (Å²) in [6.07, 6.45) is 0. The van der Waals surface area contributed by atoms with Gasteiger partial charge >= 0.3 is 0 Å². The number of nitrogens with one attached hydrogen (secondary N) is 1. The van der Waals surface area contributed by atoms with Gasteiger partial charge in [-0.1, -0.05) is 23.8 Å². The molecule has 1 unspecified atom stereocenters. The van der Waals surface area contributed by atoms with Crippen molar-refractivity contribution in [2.75, 3.05) is 0 Å². The van der Waals surface area contributed by atoms with E-state index in [0.29, 0.717) is 0 Å². The van der Waals surface area contributed by atoms with E-state index >= 15 is 0 Å². The molecule has 0 fully saturated rings. The number of nitrogens with two attached hydrogens (primary N) is 1. The zero-order valence-corrected chi connectivity index (χ0v) is 8.38. The molecule has 0 saturated heterocycles. The van der Waals surface area contributed by atoms with Gasteiger partial charge in [-0.2, -0.15) is 0 Å². The first-order valence-corrected chi connectivity index (χ1v) is 4.71. The van der Waals surface area contributed by atoms with E-state index in [1.165, 1.54) is 11.3 Å². The van der Waals surface area contributed by atoms with Crippen molar-refractivity contribution in [1.82, 2.24) is 5.43 Å². The molecule has 0 radical (unpaired) electrons. The van der Waals surface area contributed by atoms with Crippen molar-refractivity contribution >= 4 is 22.9 Å². The highest BCUT2D eigenvalue weighted by molar-refractivity contribution is 7.16. The summed E-state index contributed by atoms with van der Waals surface area (Å²) in [5.74, 6) is 5.37. The summed E-state index contributed by atoms with van der Waals surface area (Å²) in [6.45, 7) is 5.76. The molecule has 1 aromatic heterocycles. The summed E-state index contributed by atoms with van der Waals surface area (Å²) in [7, 11) is 0. The standard InChI is InChI=1S/C8H11ClN2S/c1-5(2)8(11-10)6-3-4-7(9)12-6/h3-4,8,11H,1,10H2,2H3. The summed E-state index contributed by atoms with van der Waals surface area (Å²) in [5, 5.41) is 0. The number of hydrogen-bond donors (Lipinski definition) is 2. The van der Waals surface area contributed by atoms with Crippen LogP contribution in [0.2, 0.25) is 4.34 Å². The summed E-state index contributed by atoms with van der Waals surface area (Å²) < 4.78 is 0.770.